The fourth-order valence-electron chi connectivity index (χ4n) is 3.81. The lowest BCUT2D eigenvalue weighted by Crippen LogP contribution is -2.39. The minimum atomic E-state index is -0.367. The number of amides is 1. The molecule has 1 amide bonds. The topological polar surface area (TPSA) is 67.2 Å². The maximum Gasteiger partial charge on any atom is 0.271 e. The van der Waals surface area contributed by atoms with Gasteiger partial charge < -0.3 is 10.2 Å². The zero-order chi connectivity index (χ0) is 22.0. The number of aryl methyl sites for hydroxylation is 2. The first-order valence-electron chi connectivity index (χ1n) is 10.4. The molecule has 7 heteroatoms. The summed E-state index contributed by atoms with van der Waals surface area (Å²) in [5.74, 6) is 0.267. The van der Waals surface area contributed by atoms with Gasteiger partial charge in [-0.2, -0.15) is 4.68 Å². The van der Waals surface area contributed by atoms with Crippen LogP contribution in [0.5, 0.6) is 0 Å². The summed E-state index contributed by atoms with van der Waals surface area (Å²) >= 11 is 0. The van der Waals surface area contributed by atoms with Gasteiger partial charge in [0.05, 0.1) is 5.69 Å². The van der Waals surface area contributed by atoms with E-state index in [1.54, 1.807) is 6.07 Å². The molecule has 0 radical (unpaired) electrons. The fourth-order valence-corrected chi connectivity index (χ4v) is 3.81. The van der Waals surface area contributed by atoms with Crippen LogP contribution in [0.2, 0.25) is 0 Å². The van der Waals surface area contributed by atoms with Crippen molar-refractivity contribution >= 4 is 17.4 Å². The van der Waals surface area contributed by atoms with Gasteiger partial charge >= 0.3 is 0 Å². The first-order chi connectivity index (χ1) is 14.9. The van der Waals surface area contributed by atoms with Crippen LogP contribution in [0.25, 0.3) is 5.69 Å². The Bertz CT molecular complexity index is 1150. The number of rotatable bonds is 4. The molecule has 0 atom stereocenters. The van der Waals surface area contributed by atoms with E-state index in [0.717, 1.165) is 16.8 Å². The van der Waals surface area contributed by atoms with Crippen molar-refractivity contribution in [2.75, 3.05) is 23.3 Å². The quantitative estimate of drug-likeness (QED) is 0.696. The van der Waals surface area contributed by atoms with Crippen LogP contribution in [-0.2, 0) is 4.79 Å². The second-order valence-corrected chi connectivity index (χ2v) is 7.99. The van der Waals surface area contributed by atoms with E-state index in [-0.39, 0.29) is 23.2 Å². The van der Waals surface area contributed by atoms with Gasteiger partial charge in [0.2, 0.25) is 5.91 Å². The van der Waals surface area contributed by atoms with E-state index in [4.69, 9.17) is 0 Å². The van der Waals surface area contributed by atoms with Gasteiger partial charge in [-0.05, 0) is 74.2 Å². The number of halogens is 1. The molecule has 0 bridgehead atoms. The minimum absolute atomic E-state index is 0.0394. The molecule has 2 aromatic carbocycles. The second-order valence-electron chi connectivity index (χ2n) is 7.99. The van der Waals surface area contributed by atoms with Crippen molar-refractivity contribution < 1.29 is 9.18 Å². The van der Waals surface area contributed by atoms with E-state index in [2.05, 4.69) is 15.3 Å². The summed E-state index contributed by atoms with van der Waals surface area (Å²) in [6.07, 6.45) is 1.40. The van der Waals surface area contributed by atoms with E-state index in [0.29, 0.717) is 37.4 Å². The lowest BCUT2D eigenvalue weighted by atomic mass is 9.95. The highest BCUT2D eigenvalue weighted by atomic mass is 19.1. The minimum Gasteiger partial charge on any atom is -0.355 e. The predicted octanol–water partition coefficient (Wildman–Crippen LogP) is 3.84. The van der Waals surface area contributed by atoms with E-state index in [1.807, 2.05) is 32.0 Å². The molecular formula is C24H25FN4O2. The molecule has 0 saturated carbocycles. The van der Waals surface area contributed by atoms with Crippen LogP contribution in [0.3, 0.4) is 0 Å². The van der Waals surface area contributed by atoms with Crippen molar-refractivity contribution in [3.8, 4) is 5.69 Å². The highest BCUT2D eigenvalue weighted by Crippen LogP contribution is 2.24. The Labute approximate surface area is 180 Å². The number of carbonyl (C=O) groups excluding carboxylic acids is 1. The monoisotopic (exact) mass is 420 g/mol. The van der Waals surface area contributed by atoms with Gasteiger partial charge in [0.15, 0.2) is 0 Å². The molecule has 1 N–H and O–H groups in total. The number of piperidine rings is 1. The van der Waals surface area contributed by atoms with Crippen LogP contribution in [0, 0.1) is 25.6 Å². The van der Waals surface area contributed by atoms with Crippen molar-refractivity contribution in [1.82, 2.24) is 9.78 Å². The van der Waals surface area contributed by atoms with Gasteiger partial charge in [-0.15, -0.1) is 5.10 Å². The van der Waals surface area contributed by atoms with Crippen molar-refractivity contribution in [3.05, 3.63) is 81.9 Å². The number of hydrogen-bond acceptors (Lipinski definition) is 4. The van der Waals surface area contributed by atoms with Crippen LogP contribution in [0.4, 0.5) is 15.9 Å². The molecule has 1 saturated heterocycles. The number of anilines is 2. The number of benzene rings is 2. The van der Waals surface area contributed by atoms with Crippen LogP contribution < -0.4 is 15.8 Å². The van der Waals surface area contributed by atoms with Gasteiger partial charge in [0.1, 0.15) is 11.6 Å². The summed E-state index contributed by atoms with van der Waals surface area (Å²) in [5, 5.41) is 7.53. The Morgan fingerprint density at radius 2 is 1.74 bits per heavy atom. The zero-order valence-electron chi connectivity index (χ0n) is 17.6. The molecular weight excluding hydrogens is 395 g/mol. The van der Waals surface area contributed by atoms with Crippen LogP contribution in [-0.4, -0.2) is 28.8 Å². The first-order valence-corrected chi connectivity index (χ1v) is 10.4. The Balaban J connectivity index is 1.43. The molecule has 3 aromatic rings. The molecule has 1 aliphatic heterocycles. The van der Waals surface area contributed by atoms with Gasteiger partial charge in [-0.25, -0.2) is 4.39 Å². The third kappa shape index (κ3) is 4.66. The van der Waals surface area contributed by atoms with E-state index >= 15 is 0 Å². The second kappa shape index (κ2) is 8.71. The maximum atomic E-state index is 13.2. The van der Waals surface area contributed by atoms with E-state index < -0.39 is 0 Å². The molecule has 1 aliphatic rings. The molecule has 160 valence electrons. The molecule has 1 fully saturated rings. The normalized spacial score (nSPS) is 14.5. The number of carbonyl (C=O) groups is 1. The summed E-state index contributed by atoms with van der Waals surface area (Å²) in [6.45, 7) is 5.32. The Kier molecular flexibility index (Phi) is 5.84. The number of nitrogens with one attached hydrogen (secondary N) is 1. The van der Waals surface area contributed by atoms with Crippen molar-refractivity contribution in [3.63, 3.8) is 0 Å². The summed E-state index contributed by atoms with van der Waals surface area (Å²) in [5.41, 5.74) is 3.25. The summed E-state index contributed by atoms with van der Waals surface area (Å²) < 4.78 is 14.5. The number of nitrogens with zero attached hydrogens (tertiary/aromatic N) is 3. The molecule has 1 aromatic heterocycles. The Hall–Kier alpha value is -3.48. The van der Waals surface area contributed by atoms with Gasteiger partial charge in [0, 0.05) is 30.8 Å². The predicted molar refractivity (Wildman–Crippen MR) is 119 cm³/mol. The molecule has 6 nitrogen and oxygen atoms in total. The van der Waals surface area contributed by atoms with E-state index in [9.17, 15) is 14.0 Å². The third-order valence-corrected chi connectivity index (χ3v) is 5.70. The molecule has 31 heavy (non-hydrogen) atoms. The van der Waals surface area contributed by atoms with Crippen molar-refractivity contribution in [1.29, 1.82) is 0 Å². The smallest absolute Gasteiger partial charge is 0.271 e. The van der Waals surface area contributed by atoms with Crippen molar-refractivity contribution in [2.24, 2.45) is 5.92 Å². The highest BCUT2D eigenvalue weighted by molar-refractivity contribution is 5.93. The maximum absolute atomic E-state index is 13.2. The SMILES string of the molecule is Cc1ccc(C)c(NC(=O)C2CCN(c3ccc(=O)n(-c4ccc(F)cc4)n3)CC2)c1. The lowest BCUT2D eigenvalue weighted by Gasteiger charge is -2.32. The molecule has 4 rings (SSSR count). The number of hydrogen-bond donors (Lipinski definition) is 1. The van der Waals surface area contributed by atoms with E-state index in [1.165, 1.54) is 35.0 Å². The lowest BCUT2D eigenvalue weighted by molar-refractivity contribution is -0.120. The van der Waals surface area contributed by atoms with Crippen LogP contribution in [0.15, 0.2) is 59.4 Å². The van der Waals surface area contributed by atoms with Crippen LogP contribution >= 0.6 is 0 Å². The highest BCUT2D eigenvalue weighted by Gasteiger charge is 2.26. The van der Waals surface area contributed by atoms with Gasteiger partial charge in [0.25, 0.3) is 5.56 Å². The van der Waals surface area contributed by atoms with Gasteiger partial charge in [-0.3, -0.25) is 9.59 Å². The first kappa shape index (κ1) is 20.8. The number of aromatic nitrogens is 2. The summed E-state index contributed by atoms with van der Waals surface area (Å²) in [4.78, 5) is 27.1. The molecule has 0 spiro atoms. The zero-order valence-corrected chi connectivity index (χ0v) is 17.6. The van der Waals surface area contributed by atoms with Crippen molar-refractivity contribution in [2.45, 2.75) is 26.7 Å². The van der Waals surface area contributed by atoms with Gasteiger partial charge in [-0.1, -0.05) is 12.1 Å². The largest absolute Gasteiger partial charge is 0.355 e. The third-order valence-electron chi connectivity index (χ3n) is 5.70. The standard InChI is InChI=1S/C24H25FN4O2/c1-16-3-4-17(2)21(15-16)26-24(31)18-11-13-28(14-12-18)22-9-10-23(30)29(27-22)20-7-5-19(25)6-8-20/h3-10,15,18H,11-14H2,1-2H3,(H,26,31). The summed E-state index contributed by atoms with van der Waals surface area (Å²) in [6, 6.07) is 14.8. The fraction of sp³-hybridized carbons (Fsp3) is 0.292. The molecule has 0 unspecified atom stereocenters. The Morgan fingerprint density at radius 1 is 1.03 bits per heavy atom. The molecule has 0 aliphatic carbocycles. The van der Waals surface area contributed by atoms with Crippen LogP contribution in [0.1, 0.15) is 24.0 Å². The average molecular weight is 420 g/mol. The Morgan fingerprint density at radius 3 is 2.45 bits per heavy atom. The summed E-state index contributed by atoms with van der Waals surface area (Å²) in [7, 11) is 0. The average Bonchev–Trinajstić information content (AvgIpc) is 2.77. The molecule has 2 heterocycles.